The zero-order chi connectivity index (χ0) is 15.6. The predicted octanol–water partition coefficient (Wildman–Crippen LogP) is -1.14. The first kappa shape index (κ1) is 15.9. The van der Waals surface area contributed by atoms with Crippen LogP contribution < -0.4 is 5.73 Å². The zero-order valence-electron chi connectivity index (χ0n) is 11.0. The van der Waals surface area contributed by atoms with Crippen molar-refractivity contribution < 1.29 is 23.0 Å². The minimum Gasteiger partial charge on any atom is -0.389 e. The number of aliphatic hydroxyl groups is 2. The quantitative estimate of drug-likeness (QED) is 0.599. The third kappa shape index (κ3) is 3.23. The highest BCUT2D eigenvalue weighted by Crippen LogP contribution is 2.24. The number of rotatable bonds is 2. The van der Waals surface area contributed by atoms with E-state index < -0.39 is 32.9 Å². The van der Waals surface area contributed by atoms with Crippen LogP contribution >= 0.6 is 0 Å². The molecular weight excluding hydrogens is 299 g/mol. The molecule has 0 amide bonds. The third-order valence-corrected chi connectivity index (χ3v) is 4.97. The van der Waals surface area contributed by atoms with E-state index in [1.807, 2.05) is 0 Å². The first-order chi connectivity index (χ1) is 9.86. The molecular formula is C13H15FN2O4S. The summed E-state index contributed by atoms with van der Waals surface area (Å²) in [6.45, 7) is -0.416. The number of benzene rings is 1. The summed E-state index contributed by atoms with van der Waals surface area (Å²) in [6, 6.07) is 3.50. The van der Waals surface area contributed by atoms with Crippen molar-refractivity contribution >= 4 is 10.0 Å². The first-order valence-corrected chi connectivity index (χ1v) is 7.65. The van der Waals surface area contributed by atoms with Crippen molar-refractivity contribution in [1.82, 2.24) is 4.31 Å². The number of hydrogen-bond acceptors (Lipinski definition) is 5. The van der Waals surface area contributed by atoms with E-state index in [1.54, 1.807) is 0 Å². The number of nitrogens with zero attached hydrogens (tertiary/aromatic N) is 1. The molecule has 1 heterocycles. The molecule has 1 saturated heterocycles. The van der Waals surface area contributed by atoms with Crippen LogP contribution in [0.5, 0.6) is 0 Å². The number of nitrogens with two attached hydrogens (primary N) is 1. The van der Waals surface area contributed by atoms with Crippen LogP contribution in [0.4, 0.5) is 4.39 Å². The monoisotopic (exact) mass is 314 g/mol. The molecule has 2 atom stereocenters. The van der Waals surface area contributed by atoms with Crippen LogP contribution in [0.1, 0.15) is 5.56 Å². The number of β-amino-alcohol motifs (C(OH)–C–C–N with tert-alkyl or cyclic N) is 2. The van der Waals surface area contributed by atoms with Gasteiger partial charge in [0.15, 0.2) is 0 Å². The highest BCUT2D eigenvalue weighted by Gasteiger charge is 2.38. The SMILES string of the molecule is NCC#Cc1ccc(S(=O)(=O)N2CC(O)C(O)C2)c(F)c1. The second-order valence-corrected chi connectivity index (χ2v) is 6.51. The summed E-state index contributed by atoms with van der Waals surface area (Å²) >= 11 is 0. The van der Waals surface area contributed by atoms with Gasteiger partial charge in [0.25, 0.3) is 0 Å². The van der Waals surface area contributed by atoms with Gasteiger partial charge in [-0.2, -0.15) is 4.31 Å². The topological polar surface area (TPSA) is 104 Å². The lowest BCUT2D eigenvalue weighted by Crippen LogP contribution is -2.30. The van der Waals surface area contributed by atoms with E-state index in [2.05, 4.69) is 11.8 Å². The van der Waals surface area contributed by atoms with Crippen molar-refractivity contribution in [2.75, 3.05) is 19.6 Å². The Kier molecular flexibility index (Phi) is 4.61. The minimum absolute atomic E-state index is 0.116. The first-order valence-electron chi connectivity index (χ1n) is 6.21. The van der Waals surface area contributed by atoms with Gasteiger partial charge in [0, 0.05) is 18.7 Å². The second-order valence-electron chi connectivity index (χ2n) is 4.61. The molecule has 1 aliphatic rings. The molecule has 2 unspecified atom stereocenters. The van der Waals surface area contributed by atoms with Crippen LogP contribution in [0.15, 0.2) is 23.1 Å². The molecule has 0 spiro atoms. The van der Waals surface area contributed by atoms with Gasteiger partial charge < -0.3 is 15.9 Å². The van der Waals surface area contributed by atoms with Crippen LogP contribution in [0, 0.1) is 17.7 Å². The summed E-state index contributed by atoms with van der Waals surface area (Å²) in [5.41, 5.74) is 5.52. The summed E-state index contributed by atoms with van der Waals surface area (Å²) in [7, 11) is -4.11. The van der Waals surface area contributed by atoms with Crippen LogP contribution in [-0.2, 0) is 10.0 Å². The minimum atomic E-state index is -4.11. The van der Waals surface area contributed by atoms with Gasteiger partial charge in [-0.1, -0.05) is 11.8 Å². The standard InChI is InChI=1S/C13H15FN2O4S/c14-10-6-9(2-1-5-15)3-4-13(10)21(19,20)16-7-11(17)12(18)8-16/h3-4,6,11-12,17-18H,5,7-8,15H2. The molecule has 21 heavy (non-hydrogen) atoms. The van der Waals surface area contributed by atoms with Crippen molar-refractivity contribution in [1.29, 1.82) is 0 Å². The van der Waals surface area contributed by atoms with Crippen molar-refractivity contribution in [2.24, 2.45) is 5.73 Å². The highest BCUT2D eigenvalue weighted by atomic mass is 32.2. The van der Waals surface area contributed by atoms with Crippen molar-refractivity contribution in [3.8, 4) is 11.8 Å². The lowest BCUT2D eigenvalue weighted by Gasteiger charge is -2.16. The smallest absolute Gasteiger partial charge is 0.246 e. The van der Waals surface area contributed by atoms with Crippen LogP contribution in [0.3, 0.4) is 0 Å². The van der Waals surface area contributed by atoms with Crippen LogP contribution in [-0.4, -0.2) is 54.8 Å². The Bertz CT molecular complexity index is 686. The van der Waals surface area contributed by atoms with Gasteiger partial charge in [0.05, 0.1) is 18.8 Å². The van der Waals surface area contributed by atoms with Crippen molar-refractivity contribution in [3.63, 3.8) is 0 Å². The van der Waals surface area contributed by atoms with E-state index in [4.69, 9.17) is 5.73 Å². The Morgan fingerprint density at radius 3 is 2.48 bits per heavy atom. The van der Waals surface area contributed by atoms with E-state index in [-0.39, 0.29) is 19.6 Å². The van der Waals surface area contributed by atoms with Gasteiger partial charge in [0.1, 0.15) is 10.7 Å². The average molecular weight is 314 g/mol. The average Bonchev–Trinajstić information content (AvgIpc) is 2.77. The number of hydrogen-bond donors (Lipinski definition) is 3. The highest BCUT2D eigenvalue weighted by molar-refractivity contribution is 7.89. The van der Waals surface area contributed by atoms with Crippen molar-refractivity contribution in [3.05, 3.63) is 29.6 Å². The molecule has 114 valence electrons. The van der Waals surface area contributed by atoms with Gasteiger partial charge >= 0.3 is 0 Å². The fourth-order valence-electron chi connectivity index (χ4n) is 2.01. The Morgan fingerprint density at radius 2 is 1.95 bits per heavy atom. The fraction of sp³-hybridized carbons (Fsp3) is 0.385. The lowest BCUT2D eigenvalue weighted by molar-refractivity contribution is 0.0572. The van der Waals surface area contributed by atoms with Gasteiger partial charge in [-0.3, -0.25) is 0 Å². The Hall–Kier alpha value is -1.50. The third-order valence-electron chi connectivity index (χ3n) is 3.11. The van der Waals surface area contributed by atoms with E-state index in [0.29, 0.717) is 5.56 Å². The van der Waals surface area contributed by atoms with Gasteiger partial charge in [-0.05, 0) is 18.2 Å². The normalized spacial score (nSPS) is 22.9. The lowest BCUT2D eigenvalue weighted by atomic mass is 10.2. The van der Waals surface area contributed by atoms with E-state index in [0.717, 1.165) is 16.4 Å². The van der Waals surface area contributed by atoms with Gasteiger partial charge in [-0.25, -0.2) is 12.8 Å². The molecule has 4 N–H and O–H groups in total. The number of aliphatic hydroxyl groups excluding tert-OH is 2. The van der Waals surface area contributed by atoms with Crippen molar-refractivity contribution in [2.45, 2.75) is 17.1 Å². The molecule has 0 saturated carbocycles. The Labute approximate surface area is 122 Å². The molecule has 2 rings (SSSR count). The molecule has 0 aromatic heterocycles. The summed E-state index contributed by atoms with van der Waals surface area (Å²) in [4.78, 5) is -0.512. The molecule has 1 aromatic carbocycles. The number of halogens is 1. The van der Waals surface area contributed by atoms with E-state index >= 15 is 0 Å². The van der Waals surface area contributed by atoms with Gasteiger partial charge in [-0.15, -0.1) is 0 Å². The maximum atomic E-state index is 14.0. The van der Waals surface area contributed by atoms with Gasteiger partial charge in [0.2, 0.25) is 10.0 Å². The second kappa shape index (κ2) is 6.09. The van der Waals surface area contributed by atoms with Crippen LogP contribution in [0.2, 0.25) is 0 Å². The molecule has 1 aromatic rings. The molecule has 0 bridgehead atoms. The molecule has 6 nitrogen and oxygen atoms in total. The Morgan fingerprint density at radius 1 is 1.33 bits per heavy atom. The summed E-state index contributed by atoms with van der Waals surface area (Å²) < 4.78 is 39.4. The van der Waals surface area contributed by atoms with E-state index in [1.165, 1.54) is 6.07 Å². The predicted molar refractivity (Wildman–Crippen MR) is 73.1 cm³/mol. The van der Waals surface area contributed by atoms with Crippen LogP contribution in [0.25, 0.3) is 0 Å². The molecule has 1 aliphatic heterocycles. The molecule has 1 fully saturated rings. The maximum absolute atomic E-state index is 14.0. The summed E-state index contributed by atoms with van der Waals surface area (Å²) in [5.74, 6) is 4.21. The largest absolute Gasteiger partial charge is 0.389 e. The summed E-state index contributed by atoms with van der Waals surface area (Å²) in [6.07, 6.45) is -2.34. The summed E-state index contributed by atoms with van der Waals surface area (Å²) in [5, 5.41) is 18.8. The zero-order valence-corrected chi connectivity index (χ0v) is 11.8. The fourth-order valence-corrected chi connectivity index (χ4v) is 3.53. The Balaban J connectivity index is 2.33. The molecule has 0 radical (unpaired) electrons. The number of sulfonamides is 1. The molecule has 8 heteroatoms. The molecule has 0 aliphatic carbocycles. The maximum Gasteiger partial charge on any atom is 0.246 e. The van der Waals surface area contributed by atoms with E-state index in [9.17, 15) is 23.0 Å².